The van der Waals surface area contributed by atoms with Crippen molar-refractivity contribution in [2.24, 2.45) is 17.6 Å². The molecular formula is C15H21ClFNO. The number of halogens is 2. The molecule has 1 heterocycles. The summed E-state index contributed by atoms with van der Waals surface area (Å²) in [4.78, 5) is 0. The minimum atomic E-state index is -0.386. The van der Waals surface area contributed by atoms with Crippen molar-refractivity contribution in [2.45, 2.75) is 45.4 Å². The zero-order chi connectivity index (χ0) is 14.2. The van der Waals surface area contributed by atoms with Crippen molar-refractivity contribution in [1.29, 1.82) is 0 Å². The largest absolute Gasteiger partial charge is 0.375 e. The molecule has 5 unspecified atom stereocenters. The average Bonchev–Trinajstić information content (AvgIpc) is 2.58. The maximum Gasteiger partial charge on any atom is 0.142 e. The molecule has 0 aliphatic carbocycles. The van der Waals surface area contributed by atoms with Crippen LogP contribution in [0.5, 0.6) is 0 Å². The number of rotatable bonds is 3. The number of nitrogens with two attached hydrogens (primary N) is 1. The predicted octanol–water partition coefficient (Wildman–Crippen LogP) is 3.41. The van der Waals surface area contributed by atoms with Crippen molar-refractivity contribution in [2.75, 3.05) is 0 Å². The SMILES string of the molecule is CC1OC(C)C(C(N)Cc2ccc(Cl)c(F)c2)C1C. The summed E-state index contributed by atoms with van der Waals surface area (Å²) in [5.41, 5.74) is 7.19. The third-order valence-corrected chi connectivity index (χ3v) is 4.58. The van der Waals surface area contributed by atoms with E-state index in [2.05, 4.69) is 20.8 Å². The summed E-state index contributed by atoms with van der Waals surface area (Å²) in [6.45, 7) is 6.31. The molecule has 0 radical (unpaired) electrons. The Bertz CT molecular complexity index is 454. The maximum absolute atomic E-state index is 13.4. The molecule has 0 saturated carbocycles. The fraction of sp³-hybridized carbons (Fsp3) is 0.600. The van der Waals surface area contributed by atoms with Crippen LogP contribution in [-0.2, 0) is 11.2 Å². The third-order valence-electron chi connectivity index (χ3n) is 4.27. The molecule has 2 N–H and O–H groups in total. The van der Waals surface area contributed by atoms with Gasteiger partial charge in [0.1, 0.15) is 5.82 Å². The van der Waals surface area contributed by atoms with E-state index in [4.69, 9.17) is 22.1 Å². The second-order valence-corrected chi connectivity index (χ2v) is 6.01. The van der Waals surface area contributed by atoms with Gasteiger partial charge in [0, 0.05) is 12.0 Å². The molecule has 1 aliphatic rings. The van der Waals surface area contributed by atoms with Gasteiger partial charge in [-0.2, -0.15) is 0 Å². The lowest BCUT2D eigenvalue weighted by atomic mass is 9.81. The Labute approximate surface area is 119 Å². The van der Waals surface area contributed by atoms with Crippen molar-refractivity contribution in [3.05, 3.63) is 34.6 Å². The number of hydrogen-bond donors (Lipinski definition) is 1. The van der Waals surface area contributed by atoms with Gasteiger partial charge in [0.15, 0.2) is 0 Å². The summed E-state index contributed by atoms with van der Waals surface area (Å²) in [5, 5.41) is 0.150. The molecule has 2 nitrogen and oxygen atoms in total. The first kappa shape index (κ1) is 14.8. The molecule has 19 heavy (non-hydrogen) atoms. The Kier molecular flexibility index (Phi) is 4.49. The molecule has 1 aliphatic heterocycles. The first-order valence-electron chi connectivity index (χ1n) is 6.75. The fourth-order valence-corrected chi connectivity index (χ4v) is 3.22. The summed E-state index contributed by atoms with van der Waals surface area (Å²) in [5.74, 6) is 0.333. The van der Waals surface area contributed by atoms with Crippen LogP contribution in [0.15, 0.2) is 18.2 Å². The van der Waals surface area contributed by atoms with E-state index in [1.807, 2.05) is 6.07 Å². The number of hydrogen-bond acceptors (Lipinski definition) is 2. The lowest BCUT2D eigenvalue weighted by molar-refractivity contribution is 0.0490. The summed E-state index contributed by atoms with van der Waals surface area (Å²) in [7, 11) is 0. The van der Waals surface area contributed by atoms with Gasteiger partial charge in [-0.05, 0) is 43.9 Å². The summed E-state index contributed by atoms with van der Waals surface area (Å²) in [6, 6.07) is 4.85. The van der Waals surface area contributed by atoms with Crippen molar-refractivity contribution >= 4 is 11.6 Å². The van der Waals surface area contributed by atoms with Crippen molar-refractivity contribution < 1.29 is 9.13 Å². The molecule has 0 spiro atoms. The van der Waals surface area contributed by atoms with E-state index in [1.54, 1.807) is 6.07 Å². The quantitative estimate of drug-likeness (QED) is 0.924. The van der Waals surface area contributed by atoms with Crippen LogP contribution in [0.25, 0.3) is 0 Å². The van der Waals surface area contributed by atoms with E-state index in [9.17, 15) is 4.39 Å². The van der Waals surface area contributed by atoms with E-state index in [0.717, 1.165) is 5.56 Å². The van der Waals surface area contributed by atoms with Gasteiger partial charge in [-0.1, -0.05) is 24.6 Å². The summed E-state index contributed by atoms with van der Waals surface area (Å²) < 4.78 is 19.2. The van der Waals surface area contributed by atoms with Crippen LogP contribution in [-0.4, -0.2) is 18.2 Å². The number of benzene rings is 1. The molecule has 0 bridgehead atoms. The van der Waals surface area contributed by atoms with Gasteiger partial charge in [-0.3, -0.25) is 0 Å². The minimum absolute atomic E-state index is 0.0319. The second kappa shape index (κ2) is 5.78. The normalized spacial score (nSPS) is 32.5. The topological polar surface area (TPSA) is 35.2 Å². The average molecular weight is 286 g/mol. The van der Waals surface area contributed by atoms with E-state index < -0.39 is 0 Å². The highest BCUT2D eigenvalue weighted by Crippen LogP contribution is 2.34. The second-order valence-electron chi connectivity index (χ2n) is 5.60. The van der Waals surface area contributed by atoms with E-state index >= 15 is 0 Å². The first-order chi connectivity index (χ1) is 8.90. The molecule has 1 aromatic carbocycles. The van der Waals surface area contributed by atoms with E-state index in [0.29, 0.717) is 18.3 Å². The van der Waals surface area contributed by atoms with E-state index in [1.165, 1.54) is 6.07 Å². The highest BCUT2D eigenvalue weighted by molar-refractivity contribution is 6.30. The van der Waals surface area contributed by atoms with Crippen molar-refractivity contribution in [1.82, 2.24) is 0 Å². The smallest absolute Gasteiger partial charge is 0.142 e. The van der Waals surface area contributed by atoms with Gasteiger partial charge in [0.2, 0.25) is 0 Å². The Morgan fingerprint density at radius 1 is 1.32 bits per heavy atom. The Morgan fingerprint density at radius 2 is 2.00 bits per heavy atom. The molecular weight excluding hydrogens is 265 g/mol. The molecule has 4 heteroatoms. The van der Waals surface area contributed by atoms with Crippen molar-refractivity contribution in [3.63, 3.8) is 0 Å². The van der Waals surface area contributed by atoms with Gasteiger partial charge in [-0.15, -0.1) is 0 Å². The molecule has 106 valence electrons. The van der Waals surface area contributed by atoms with Gasteiger partial charge in [0.25, 0.3) is 0 Å². The zero-order valence-corrected chi connectivity index (χ0v) is 12.3. The van der Waals surface area contributed by atoms with Crippen LogP contribution in [0, 0.1) is 17.7 Å². The van der Waals surface area contributed by atoms with Gasteiger partial charge in [-0.25, -0.2) is 4.39 Å². The zero-order valence-electron chi connectivity index (χ0n) is 11.6. The minimum Gasteiger partial charge on any atom is -0.375 e. The van der Waals surface area contributed by atoms with Crippen LogP contribution in [0.4, 0.5) is 4.39 Å². The summed E-state index contributed by atoms with van der Waals surface area (Å²) in [6.07, 6.45) is 1.02. The van der Waals surface area contributed by atoms with Crippen LogP contribution >= 0.6 is 11.6 Å². The standard InChI is InChI=1S/C15H21ClFNO/c1-8-9(2)19-10(3)15(8)14(18)7-11-4-5-12(16)13(17)6-11/h4-6,8-10,14-15H,7,18H2,1-3H3. The maximum atomic E-state index is 13.4. The molecule has 1 aromatic rings. The van der Waals surface area contributed by atoms with Crippen LogP contribution in [0.1, 0.15) is 26.3 Å². The first-order valence-corrected chi connectivity index (χ1v) is 7.13. The van der Waals surface area contributed by atoms with Crippen LogP contribution < -0.4 is 5.73 Å². The van der Waals surface area contributed by atoms with Gasteiger partial charge in [0.05, 0.1) is 17.2 Å². The number of ether oxygens (including phenoxy) is 1. The predicted molar refractivity (Wildman–Crippen MR) is 75.8 cm³/mol. The Morgan fingerprint density at radius 3 is 2.53 bits per heavy atom. The lowest BCUT2D eigenvalue weighted by Gasteiger charge is -2.25. The lowest BCUT2D eigenvalue weighted by Crippen LogP contribution is -2.39. The molecule has 5 atom stereocenters. The Hall–Kier alpha value is -0.640. The fourth-order valence-electron chi connectivity index (χ4n) is 3.11. The van der Waals surface area contributed by atoms with Crippen molar-refractivity contribution in [3.8, 4) is 0 Å². The monoisotopic (exact) mass is 285 g/mol. The van der Waals surface area contributed by atoms with Gasteiger partial charge < -0.3 is 10.5 Å². The highest BCUT2D eigenvalue weighted by Gasteiger charge is 2.40. The van der Waals surface area contributed by atoms with E-state index in [-0.39, 0.29) is 29.1 Å². The third kappa shape index (κ3) is 3.10. The van der Waals surface area contributed by atoms with Gasteiger partial charge >= 0.3 is 0 Å². The highest BCUT2D eigenvalue weighted by atomic mass is 35.5. The molecule has 1 fully saturated rings. The summed E-state index contributed by atoms with van der Waals surface area (Å²) >= 11 is 5.68. The van der Waals surface area contributed by atoms with Crippen LogP contribution in [0.3, 0.4) is 0 Å². The molecule has 0 amide bonds. The molecule has 1 saturated heterocycles. The molecule has 2 rings (SSSR count). The Balaban J connectivity index is 2.08. The van der Waals surface area contributed by atoms with Crippen LogP contribution in [0.2, 0.25) is 5.02 Å². The molecule has 0 aromatic heterocycles.